The van der Waals surface area contributed by atoms with Crippen LogP contribution in [0, 0.1) is 0 Å². The van der Waals surface area contributed by atoms with Crippen LogP contribution in [0.1, 0.15) is 18.4 Å². The number of unbranched alkanes of at least 4 members (excludes halogenated alkanes) is 1. The van der Waals surface area contributed by atoms with Crippen LogP contribution >= 0.6 is 23.2 Å². The average Bonchev–Trinajstić information content (AvgIpc) is 3.11. The Bertz CT molecular complexity index is 1100. The Morgan fingerprint density at radius 1 is 0.786 bits per heavy atom. The van der Waals surface area contributed by atoms with Crippen LogP contribution in [0.4, 0.5) is 0 Å². The van der Waals surface area contributed by atoms with Crippen molar-refractivity contribution in [2.45, 2.75) is 19.3 Å². The van der Waals surface area contributed by atoms with Crippen LogP contribution in [0.25, 0.3) is 33.3 Å². The van der Waals surface area contributed by atoms with Gasteiger partial charge in [0, 0.05) is 10.9 Å². The molecule has 3 N–H and O–H groups in total. The van der Waals surface area contributed by atoms with Gasteiger partial charge >= 0.3 is 0 Å². The minimum absolute atomic E-state index is 0.562. The highest BCUT2D eigenvalue weighted by Crippen LogP contribution is 2.40. The van der Waals surface area contributed by atoms with Crippen LogP contribution in [0.5, 0.6) is 0 Å². The summed E-state index contributed by atoms with van der Waals surface area (Å²) in [5.74, 6) is 0. The number of nitrogens with one attached hydrogen (secondary N) is 1. The zero-order valence-corrected chi connectivity index (χ0v) is 17.0. The van der Waals surface area contributed by atoms with Crippen LogP contribution in [0.15, 0.2) is 66.7 Å². The Hall–Kier alpha value is -2.26. The Morgan fingerprint density at radius 2 is 1.50 bits per heavy atom. The van der Waals surface area contributed by atoms with Gasteiger partial charge in [-0.15, -0.1) is 0 Å². The molecule has 4 heteroatoms. The maximum atomic E-state index is 6.53. The zero-order chi connectivity index (χ0) is 19.5. The highest BCUT2D eigenvalue weighted by molar-refractivity contribution is 6.45. The van der Waals surface area contributed by atoms with Gasteiger partial charge in [0.15, 0.2) is 0 Å². The zero-order valence-electron chi connectivity index (χ0n) is 15.5. The predicted molar refractivity (Wildman–Crippen MR) is 121 cm³/mol. The molecular weight excluding hydrogens is 387 g/mol. The summed E-state index contributed by atoms with van der Waals surface area (Å²) >= 11 is 12.8. The van der Waals surface area contributed by atoms with E-state index in [1.807, 2.05) is 12.1 Å². The summed E-state index contributed by atoms with van der Waals surface area (Å²) in [6, 6.07) is 22.9. The fourth-order valence-corrected chi connectivity index (χ4v) is 4.14. The topological polar surface area (TPSA) is 41.8 Å². The number of hydrogen-bond donors (Lipinski definition) is 2. The second-order valence-corrected chi connectivity index (χ2v) is 7.71. The molecule has 0 aliphatic rings. The molecule has 0 fully saturated rings. The summed E-state index contributed by atoms with van der Waals surface area (Å²) in [6.45, 7) is 0.699. The van der Waals surface area contributed by atoms with Crippen molar-refractivity contribution in [1.29, 1.82) is 0 Å². The van der Waals surface area contributed by atoms with Crippen LogP contribution in [0.3, 0.4) is 0 Å². The fraction of sp³-hybridized carbons (Fsp3) is 0.167. The fourth-order valence-electron chi connectivity index (χ4n) is 3.77. The molecule has 1 aromatic heterocycles. The van der Waals surface area contributed by atoms with Crippen molar-refractivity contribution in [3.8, 4) is 22.4 Å². The number of aromatic nitrogens is 1. The number of nitrogens with two attached hydrogens (primary N) is 1. The Labute approximate surface area is 175 Å². The number of halogens is 2. The summed E-state index contributed by atoms with van der Waals surface area (Å²) in [5, 5.41) is 2.26. The molecule has 3 aromatic carbocycles. The third-order valence-corrected chi connectivity index (χ3v) is 5.94. The second kappa shape index (κ2) is 8.40. The molecule has 0 bridgehead atoms. The summed E-state index contributed by atoms with van der Waals surface area (Å²) in [7, 11) is 0. The minimum Gasteiger partial charge on any atom is -0.353 e. The van der Waals surface area contributed by atoms with E-state index < -0.39 is 0 Å². The molecule has 0 aliphatic heterocycles. The third kappa shape index (κ3) is 3.56. The van der Waals surface area contributed by atoms with Crippen LogP contribution < -0.4 is 5.73 Å². The lowest BCUT2D eigenvalue weighted by atomic mass is 9.94. The van der Waals surface area contributed by atoms with Gasteiger partial charge in [0.1, 0.15) is 0 Å². The molecule has 28 heavy (non-hydrogen) atoms. The van der Waals surface area contributed by atoms with E-state index in [-0.39, 0.29) is 0 Å². The molecule has 142 valence electrons. The minimum atomic E-state index is 0.562. The van der Waals surface area contributed by atoms with E-state index in [0.29, 0.717) is 16.6 Å². The van der Waals surface area contributed by atoms with Crippen molar-refractivity contribution < 1.29 is 0 Å². The molecule has 0 atom stereocenters. The smallest absolute Gasteiger partial charge is 0.0833 e. The number of rotatable bonds is 6. The third-order valence-electron chi connectivity index (χ3n) is 5.13. The Morgan fingerprint density at radius 3 is 2.25 bits per heavy atom. The molecule has 0 amide bonds. The van der Waals surface area contributed by atoms with Gasteiger partial charge in [-0.2, -0.15) is 0 Å². The number of hydrogen-bond acceptors (Lipinski definition) is 1. The average molecular weight is 409 g/mol. The second-order valence-electron chi connectivity index (χ2n) is 6.92. The molecule has 4 rings (SSSR count). The summed E-state index contributed by atoms with van der Waals surface area (Å²) < 4.78 is 0. The quantitative estimate of drug-likeness (QED) is 0.328. The van der Waals surface area contributed by atoms with Gasteiger partial charge in [-0.3, -0.25) is 0 Å². The lowest BCUT2D eigenvalue weighted by Gasteiger charge is -2.11. The Kier molecular flexibility index (Phi) is 5.72. The predicted octanol–water partition coefficient (Wildman–Crippen LogP) is 7.09. The monoisotopic (exact) mass is 408 g/mol. The molecule has 1 heterocycles. The van der Waals surface area contributed by atoms with Gasteiger partial charge in [0.2, 0.25) is 0 Å². The van der Waals surface area contributed by atoms with Crippen LogP contribution in [-0.4, -0.2) is 11.5 Å². The first-order valence-electron chi connectivity index (χ1n) is 9.54. The van der Waals surface area contributed by atoms with E-state index in [0.717, 1.165) is 35.9 Å². The highest BCUT2D eigenvalue weighted by atomic mass is 35.5. The maximum Gasteiger partial charge on any atom is 0.0833 e. The summed E-state index contributed by atoms with van der Waals surface area (Å²) in [6.07, 6.45) is 2.96. The van der Waals surface area contributed by atoms with Gasteiger partial charge < -0.3 is 10.7 Å². The molecule has 0 saturated heterocycles. The van der Waals surface area contributed by atoms with Gasteiger partial charge in [-0.25, -0.2) is 0 Å². The first-order valence-corrected chi connectivity index (χ1v) is 10.3. The van der Waals surface area contributed by atoms with Crippen molar-refractivity contribution in [2.24, 2.45) is 5.73 Å². The number of benzene rings is 3. The van der Waals surface area contributed by atoms with Crippen LogP contribution in [-0.2, 0) is 6.42 Å². The molecule has 0 radical (unpaired) electrons. The first kappa shape index (κ1) is 19.1. The van der Waals surface area contributed by atoms with Crippen molar-refractivity contribution in [3.05, 3.63) is 82.3 Å². The molecule has 0 unspecified atom stereocenters. The van der Waals surface area contributed by atoms with E-state index in [1.165, 1.54) is 22.3 Å². The number of aromatic amines is 1. The summed E-state index contributed by atoms with van der Waals surface area (Å²) in [5.41, 5.74) is 12.5. The van der Waals surface area contributed by atoms with Gasteiger partial charge in [0.25, 0.3) is 0 Å². The molecule has 0 aliphatic carbocycles. The molecule has 0 spiro atoms. The molecule has 0 saturated carbocycles. The first-order chi connectivity index (χ1) is 13.7. The van der Waals surface area contributed by atoms with E-state index >= 15 is 0 Å². The highest BCUT2D eigenvalue weighted by Gasteiger charge is 2.18. The molecule has 2 nitrogen and oxygen atoms in total. The molecule has 4 aromatic rings. The van der Waals surface area contributed by atoms with E-state index in [9.17, 15) is 0 Å². The van der Waals surface area contributed by atoms with Crippen molar-refractivity contribution in [1.82, 2.24) is 4.98 Å². The van der Waals surface area contributed by atoms with E-state index in [1.54, 1.807) is 0 Å². The SMILES string of the molecule is NCCCCc1c(-c2ccccc2-c2ccccc2)[nH]c2c(Cl)c(Cl)ccc12. The number of fused-ring (bicyclic) bond motifs is 1. The number of H-pyrrole nitrogens is 1. The standard InChI is InChI=1S/C24H22Cl2N2/c25-21-14-13-20-19(12-6-7-15-27)23(28-24(20)22(21)26)18-11-5-4-10-17(18)16-8-2-1-3-9-16/h1-5,8-11,13-14,28H,6-7,12,15,27H2. The van der Waals surface area contributed by atoms with Crippen LogP contribution in [0.2, 0.25) is 10.0 Å². The van der Waals surface area contributed by atoms with E-state index in [4.69, 9.17) is 28.9 Å². The summed E-state index contributed by atoms with van der Waals surface area (Å²) in [4.78, 5) is 3.58. The van der Waals surface area contributed by atoms with Gasteiger partial charge in [-0.05, 0) is 48.6 Å². The van der Waals surface area contributed by atoms with Gasteiger partial charge in [0.05, 0.1) is 21.3 Å². The lowest BCUT2D eigenvalue weighted by Crippen LogP contribution is -1.99. The van der Waals surface area contributed by atoms with Crippen molar-refractivity contribution in [3.63, 3.8) is 0 Å². The normalized spacial score (nSPS) is 11.2. The number of aryl methyl sites for hydroxylation is 1. The van der Waals surface area contributed by atoms with Crippen molar-refractivity contribution in [2.75, 3.05) is 6.54 Å². The van der Waals surface area contributed by atoms with Crippen molar-refractivity contribution >= 4 is 34.1 Å². The lowest BCUT2D eigenvalue weighted by molar-refractivity contribution is 0.748. The maximum absolute atomic E-state index is 6.53. The Balaban J connectivity index is 1.94. The largest absolute Gasteiger partial charge is 0.353 e. The van der Waals surface area contributed by atoms with Gasteiger partial charge in [-0.1, -0.05) is 83.9 Å². The molecular formula is C24H22Cl2N2. The van der Waals surface area contributed by atoms with E-state index in [2.05, 4.69) is 59.6 Å².